The molecule has 2 aliphatic heterocycles. The summed E-state index contributed by atoms with van der Waals surface area (Å²) >= 11 is 0. The van der Waals surface area contributed by atoms with Gasteiger partial charge >= 0.3 is 0 Å². The second kappa shape index (κ2) is 8.66. The van der Waals surface area contributed by atoms with Gasteiger partial charge in [-0.1, -0.05) is 36.1 Å². The van der Waals surface area contributed by atoms with Crippen LogP contribution < -0.4 is 4.90 Å². The molecule has 1 spiro atoms. The van der Waals surface area contributed by atoms with Gasteiger partial charge in [0.05, 0.1) is 12.2 Å². The normalized spacial score (nSPS) is 33.1. The van der Waals surface area contributed by atoms with Crippen molar-refractivity contribution in [3.8, 4) is 11.8 Å². The van der Waals surface area contributed by atoms with Gasteiger partial charge in [0.2, 0.25) is 0 Å². The van der Waals surface area contributed by atoms with E-state index in [1.165, 1.54) is 22.8 Å². The molecule has 0 radical (unpaired) electrons. The van der Waals surface area contributed by atoms with Crippen LogP contribution in [0.25, 0.3) is 0 Å². The van der Waals surface area contributed by atoms with Crippen molar-refractivity contribution in [2.45, 2.75) is 55.8 Å². The number of carbonyl (C=O) groups is 1. The SMILES string of the molecule is CN(C)c1ccc([C@H]2OC[C@]34O[C@@]3(C#Cc3ccccc3F)CCC4C3CCC4=CC(=O)CCC4=C32)cc1. The van der Waals surface area contributed by atoms with Crippen LogP contribution in [-0.4, -0.2) is 37.7 Å². The molecule has 0 N–H and O–H groups in total. The number of halogens is 1. The van der Waals surface area contributed by atoms with Crippen molar-refractivity contribution in [1.82, 2.24) is 0 Å². The molecule has 1 saturated carbocycles. The Kier molecular flexibility index (Phi) is 5.44. The van der Waals surface area contributed by atoms with Gasteiger partial charge in [0.15, 0.2) is 11.4 Å². The summed E-state index contributed by atoms with van der Waals surface area (Å²) < 4.78 is 27.8. The van der Waals surface area contributed by atoms with Crippen LogP contribution in [-0.2, 0) is 14.3 Å². The molecule has 7 rings (SSSR count). The molecule has 3 aliphatic carbocycles. The highest BCUT2D eigenvalue weighted by Gasteiger charge is 2.78. The molecule has 5 heteroatoms. The van der Waals surface area contributed by atoms with Crippen molar-refractivity contribution in [3.05, 3.63) is 88.3 Å². The number of hydrogen-bond donors (Lipinski definition) is 0. The first-order valence-corrected chi connectivity index (χ1v) is 13.7. The largest absolute Gasteiger partial charge is 0.378 e. The monoisotopic (exact) mass is 509 g/mol. The number of nitrogens with zero attached hydrogens (tertiary/aromatic N) is 1. The third-order valence-corrected chi connectivity index (χ3v) is 9.44. The van der Waals surface area contributed by atoms with E-state index in [4.69, 9.17) is 9.47 Å². The number of benzene rings is 2. The van der Waals surface area contributed by atoms with Crippen molar-refractivity contribution >= 4 is 11.5 Å². The summed E-state index contributed by atoms with van der Waals surface area (Å²) in [6.07, 6.45) is 6.80. The Morgan fingerprint density at radius 1 is 1.03 bits per heavy atom. The maximum absolute atomic E-state index is 14.3. The van der Waals surface area contributed by atoms with Crippen LogP contribution >= 0.6 is 0 Å². The molecule has 0 bridgehead atoms. The van der Waals surface area contributed by atoms with E-state index in [1.807, 2.05) is 26.2 Å². The van der Waals surface area contributed by atoms with E-state index in [-0.39, 0.29) is 17.7 Å². The highest BCUT2D eigenvalue weighted by atomic mass is 19.1. The molecular weight excluding hydrogens is 477 g/mol. The first kappa shape index (κ1) is 23.9. The van der Waals surface area contributed by atoms with Crippen LogP contribution in [0.5, 0.6) is 0 Å². The van der Waals surface area contributed by atoms with Crippen molar-refractivity contribution in [3.63, 3.8) is 0 Å². The molecule has 0 aromatic heterocycles. The summed E-state index contributed by atoms with van der Waals surface area (Å²) in [4.78, 5) is 14.4. The standard InChI is InChI=1S/C33H32FNO3/c1-35(2)24-10-7-22(8-11-24)31-30-26-14-12-25(36)19-23(26)9-13-27(30)28-16-18-32(33(28,38-32)20-37-31)17-15-21-5-3-4-6-29(21)34/h3-8,10-11,19,27-28,31H,9,12-14,16,18,20H2,1-2H3/t27?,28?,31-,32+,33-/m1/s1. The molecule has 194 valence electrons. The average Bonchev–Trinajstić information content (AvgIpc) is 3.50. The second-order valence-electron chi connectivity index (χ2n) is 11.6. The number of allylic oxidation sites excluding steroid dienone is 3. The van der Waals surface area contributed by atoms with E-state index in [0.717, 1.165) is 43.4 Å². The number of ketones is 1. The lowest BCUT2D eigenvalue weighted by atomic mass is 9.66. The number of rotatable bonds is 2. The zero-order valence-corrected chi connectivity index (χ0v) is 21.9. The number of hydrogen-bond acceptors (Lipinski definition) is 4. The molecule has 3 fully saturated rings. The predicted molar refractivity (Wildman–Crippen MR) is 144 cm³/mol. The summed E-state index contributed by atoms with van der Waals surface area (Å²) in [7, 11) is 4.09. The van der Waals surface area contributed by atoms with Crippen molar-refractivity contribution < 1.29 is 18.7 Å². The summed E-state index contributed by atoms with van der Waals surface area (Å²) in [5.41, 5.74) is 5.52. The molecule has 5 atom stereocenters. The highest BCUT2D eigenvalue weighted by molar-refractivity contribution is 5.93. The first-order chi connectivity index (χ1) is 18.4. The summed E-state index contributed by atoms with van der Waals surface area (Å²) in [5, 5.41) is 0. The van der Waals surface area contributed by atoms with E-state index in [2.05, 4.69) is 41.0 Å². The zero-order valence-electron chi connectivity index (χ0n) is 21.9. The second-order valence-corrected chi connectivity index (χ2v) is 11.6. The number of fused-ring (bicyclic) bond motifs is 3. The maximum Gasteiger partial charge on any atom is 0.161 e. The molecule has 5 aliphatic rings. The summed E-state index contributed by atoms with van der Waals surface area (Å²) in [6, 6.07) is 15.3. The molecule has 0 amide bonds. The fourth-order valence-electron chi connectivity index (χ4n) is 7.52. The van der Waals surface area contributed by atoms with Gasteiger partial charge in [-0.2, -0.15) is 0 Å². The van der Waals surface area contributed by atoms with E-state index >= 15 is 0 Å². The molecule has 2 unspecified atom stereocenters. The lowest BCUT2D eigenvalue weighted by molar-refractivity contribution is -0.114. The molecular formula is C33H32FNO3. The number of carbonyl (C=O) groups excluding carboxylic acids is 1. The Morgan fingerprint density at radius 3 is 2.63 bits per heavy atom. The van der Waals surface area contributed by atoms with Gasteiger partial charge in [0.25, 0.3) is 0 Å². The van der Waals surface area contributed by atoms with E-state index in [0.29, 0.717) is 30.4 Å². The number of epoxide rings is 1. The minimum Gasteiger partial charge on any atom is -0.378 e. The van der Waals surface area contributed by atoms with E-state index in [9.17, 15) is 9.18 Å². The third kappa shape index (κ3) is 3.54. The Bertz CT molecular complexity index is 1440. The Balaban J connectivity index is 1.31. The van der Waals surface area contributed by atoms with Gasteiger partial charge < -0.3 is 14.4 Å². The number of anilines is 1. The maximum atomic E-state index is 14.3. The highest BCUT2D eigenvalue weighted by Crippen LogP contribution is 2.68. The van der Waals surface area contributed by atoms with Crippen LogP contribution in [0, 0.1) is 29.5 Å². The van der Waals surface area contributed by atoms with Gasteiger partial charge in [-0.05, 0) is 90.6 Å². The molecule has 38 heavy (non-hydrogen) atoms. The topological polar surface area (TPSA) is 42.1 Å². The Hall–Kier alpha value is -3.20. The van der Waals surface area contributed by atoms with E-state index in [1.54, 1.807) is 12.1 Å². The van der Waals surface area contributed by atoms with Crippen LogP contribution in [0.15, 0.2) is 71.3 Å². The average molecular weight is 510 g/mol. The summed E-state index contributed by atoms with van der Waals surface area (Å²) in [6.45, 7) is 0.467. The Labute approximate surface area is 223 Å². The van der Waals surface area contributed by atoms with Crippen LogP contribution in [0.1, 0.15) is 55.8 Å². The molecule has 2 aromatic carbocycles. The smallest absolute Gasteiger partial charge is 0.161 e. The quantitative estimate of drug-likeness (QED) is 0.372. The minimum atomic E-state index is -0.585. The van der Waals surface area contributed by atoms with Gasteiger partial charge in [0, 0.05) is 32.1 Å². The lowest BCUT2D eigenvalue weighted by Gasteiger charge is -2.37. The van der Waals surface area contributed by atoms with Gasteiger partial charge in [-0.3, -0.25) is 4.79 Å². The van der Waals surface area contributed by atoms with Crippen LogP contribution in [0.2, 0.25) is 0 Å². The van der Waals surface area contributed by atoms with Crippen molar-refractivity contribution in [2.24, 2.45) is 11.8 Å². The number of ether oxygens (including phenoxy) is 2. The fourth-order valence-corrected chi connectivity index (χ4v) is 7.52. The molecule has 2 heterocycles. The van der Waals surface area contributed by atoms with Gasteiger partial charge in [-0.25, -0.2) is 4.39 Å². The Morgan fingerprint density at radius 2 is 1.84 bits per heavy atom. The van der Waals surface area contributed by atoms with Gasteiger partial charge in [0.1, 0.15) is 17.5 Å². The molecule has 2 aromatic rings. The lowest BCUT2D eigenvalue weighted by Crippen LogP contribution is -2.35. The van der Waals surface area contributed by atoms with Crippen LogP contribution in [0.4, 0.5) is 10.1 Å². The molecule has 4 nitrogen and oxygen atoms in total. The summed E-state index contributed by atoms with van der Waals surface area (Å²) in [5.74, 6) is 7.01. The predicted octanol–water partition coefficient (Wildman–Crippen LogP) is 5.93. The van der Waals surface area contributed by atoms with Crippen molar-refractivity contribution in [1.29, 1.82) is 0 Å². The van der Waals surface area contributed by atoms with Gasteiger partial charge in [-0.15, -0.1) is 0 Å². The fraction of sp³-hybridized carbons (Fsp3) is 0.424. The van der Waals surface area contributed by atoms with Crippen LogP contribution in [0.3, 0.4) is 0 Å². The zero-order chi connectivity index (χ0) is 26.1. The van der Waals surface area contributed by atoms with Crippen molar-refractivity contribution in [2.75, 3.05) is 25.6 Å². The molecule has 2 saturated heterocycles. The third-order valence-electron chi connectivity index (χ3n) is 9.44. The first-order valence-electron chi connectivity index (χ1n) is 13.7. The van der Waals surface area contributed by atoms with E-state index < -0.39 is 11.2 Å². The minimum absolute atomic E-state index is 0.176.